The molecule has 0 aliphatic carbocycles. The van der Waals surface area contributed by atoms with E-state index in [1.165, 1.54) is 0 Å². The summed E-state index contributed by atoms with van der Waals surface area (Å²) in [5.41, 5.74) is 3.98. The molecule has 0 N–H and O–H groups in total. The molecule has 0 radical (unpaired) electrons. The molecule has 0 fully saturated rings. The number of aryl methyl sites for hydroxylation is 2. The van der Waals surface area contributed by atoms with Crippen molar-refractivity contribution in [3.8, 4) is 17.2 Å². The van der Waals surface area contributed by atoms with E-state index in [0.29, 0.717) is 13.2 Å². The average Bonchev–Trinajstić information content (AvgIpc) is 2.74. The van der Waals surface area contributed by atoms with Crippen LogP contribution in [-0.4, -0.2) is 32.1 Å². The van der Waals surface area contributed by atoms with Gasteiger partial charge in [0.2, 0.25) is 0 Å². The quantitative estimate of drug-likeness (QED) is 0.174. The lowest BCUT2D eigenvalue weighted by Crippen LogP contribution is -2.15. The molecule has 1 atom stereocenters. The summed E-state index contributed by atoms with van der Waals surface area (Å²) < 4.78 is 17.9. The van der Waals surface area contributed by atoms with Crippen molar-refractivity contribution < 1.29 is 19.0 Å². The second kappa shape index (κ2) is 12.7. The zero-order valence-corrected chi connectivity index (χ0v) is 19.6. The lowest BCUT2D eigenvalue weighted by molar-refractivity contribution is 0.191. The van der Waals surface area contributed by atoms with Crippen LogP contribution in [0.15, 0.2) is 53.7 Å². The van der Waals surface area contributed by atoms with Crippen molar-refractivity contribution >= 4 is 5.71 Å². The highest BCUT2D eigenvalue weighted by Gasteiger charge is 2.11. The lowest BCUT2D eigenvalue weighted by atomic mass is 10.1. The first-order valence-corrected chi connectivity index (χ1v) is 10.8. The molecule has 0 saturated carbocycles. The fourth-order valence-electron chi connectivity index (χ4n) is 3.24. The maximum atomic E-state index is 6.23. The Morgan fingerprint density at radius 1 is 1.06 bits per heavy atom. The normalized spacial score (nSPS) is 12.6. The maximum Gasteiger partial charge on any atom is 0.125 e. The molecule has 0 heterocycles. The number of ether oxygens (including phenoxy) is 3. The molecule has 0 spiro atoms. The van der Waals surface area contributed by atoms with Gasteiger partial charge in [-0.3, -0.25) is 0 Å². The molecule has 2 aromatic carbocycles. The van der Waals surface area contributed by atoms with Crippen molar-refractivity contribution in [2.45, 2.75) is 53.6 Å². The minimum absolute atomic E-state index is 0.0956. The fourth-order valence-corrected chi connectivity index (χ4v) is 3.24. The van der Waals surface area contributed by atoms with Crippen molar-refractivity contribution in [3.63, 3.8) is 0 Å². The molecule has 0 bridgehead atoms. The molecule has 0 aromatic heterocycles. The minimum Gasteiger partial charge on any atom is -0.494 e. The number of nitrogens with zero attached hydrogens (tertiary/aromatic N) is 1. The zero-order valence-electron chi connectivity index (χ0n) is 19.6. The van der Waals surface area contributed by atoms with Crippen LogP contribution >= 0.6 is 0 Å². The van der Waals surface area contributed by atoms with Crippen LogP contribution in [0.1, 0.15) is 50.3 Å². The number of allylic oxidation sites excluding steroid dienone is 1. The van der Waals surface area contributed by atoms with Gasteiger partial charge in [-0.2, -0.15) is 0 Å². The van der Waals surface area contributed by atoms with Crippen LogP contribution in [0.3, 0.4) is 0 Å². The Labute approximate surface area is 186 Å². The number of rotatable bonds is 12. The van der Waals surface area contributed by atoms with Gasteiger partial charge in [0.25, 0.3) is 0 Å². The Kier molecular flexibility index (Phi) is 9.95. The van der Waals surface area contributed by atoms with Crippen LogP contribution < -0.4 is 14.2 Å². The van der Waals surface area contributed by atoms with Gasteiger partial charge in [-0.1, -0.05) is 29.4 Å². The van der Waals surface area contributed by atoms with Gasteiger partial charge in [0, 0.05) is 5.56 Å². The fraction of sp³-hybridized carbons (Fsp3) is 0.423. The summed E-state index contributed by atoms with van der Waals surface area (Å²) in [6.07, 6.45) is 5.87. The number of oxime groups is 1. The summed E-state index contributed by atoms with van der Waals surface area (Å²) in [4.78, 5) is 4.84. The number of hydrogen-bond acceptors (Lipinski definition) is 5. The molecule has 0 aliphatic rings. The summed E-state index contributed by atoms with van der Waals surface area (Å²) in [5, 5.41) is 3.97. The second-order valence-corrected chi connectivity index (χ2v) is 7.57. The van der Waals surface area contributed by atoms with Crippen molar-refractivity contribution in [2.75, 3.05) is 20.3 Å². The molecule has 0 amide bonds. The molecule has 0 aliphatic heterocycles. The highest BCUT2D eigenvalue weighted by molar-refractivity contribution is 5.98. The molecule has 31 heavy (non-hydrogen) atoms. The van der Waals surface area contributed by atoms with Crippen LogP contribution in [0.2, 0.25) is 0 Å². The first kappa shape index (κ1) is 24.3. The Balaban J connectivity index is 1.83. The summed E-state index contributed by atoms with van der Waals surface area (Å²) >= 11 is 0. The predicted molar refractivity (Wildman–Crippen MR) is 127 cm³/mol. The van der Waals surface area contributed by atoms with E-state index in [4.69, 9.17) is 19.0 Å². The van der Waals surface area contributed by atoms with E-state index in [1.54, 1.807) is 7.11 Å². The Morgan fingerprint density at radius 3 is 2.48 bits per heavy atom. The second-order valence-electron chi connectivity index (χ2n) is 7.57. The highest BCUT2D eigenvalue weighted by Crippen LogP contribution is 2.30. The van der Waals surface area contributed by atoms with Crippen LogP contribution in [-0.2, 0) is 4.84 Å². The monoisotopic (exact) mass is 425 g/mol. The largest absolute Gasteiger partial charge is 0.494 e. The topological polar surface area (TPSA) is 49.3 Å². The Morgan fingerprint density at radius 2 is 1.81 bits per heavy atom. The standard InChI is InChI=1S/C26H35NO4/c1-7-8-14-30-25-16-19(2)26(20(3)17-25)31-21(4)11-10-15-29-24-13-9-12-23(18-24)22(5)27-28-6/h7-9,12-13,16-18,21H,10-11,14-15H2,1-6H3/b8-7+,27-22?. The van der Waals surface area contributed by atoms with Crippen molar-refractivity contribution in [1.29, 1.82) is 0 Å². The molecular weight excluding hydrogens is 390 g/mol. The van der Waals surface area contributed by atoms with Gasteiger partial charge in [0.05, 0.1) is 18.4 Å². The third-order valence-corrected chi connectivity index (χ3v) is 4.84. The summed E-state index contributed by atoms with van der Waals surface area (Å²) in [7, 11) is 1.55. The maximum absolute atomic E-state index is 6.23. The molecule has 5 nitrogen and oxygen atoms in total. The van der Waals surface area contributed by atoms with Gasteiger partial charge in [0.1, 0.15) is 31.0 Å². The van der Waals surface area contributed by atoms with Crippen molar-refractivity contribution in [2.24, 2.45) is 5.16 Å². The highest BCUT2D eigenvalue weighted by atomic mass is 16.6. The van der Waals surface area contributed by atoms with E-state index in [-0.39, 0.29) is 6.10 Å². The van der Waals surface area contributed by atoms with Gasteiger partial charge in [-0.05, 0) is 82.9 Å². The Bertz CT molecular complexity index is 866. The van der Waals surface area contributed by atoms with Gasteiger partial charge in [-0.25, -0.2) is 0 Å². The SMILES string of the molecule is C/C=C/COc1cc(C)c(OC(C)CCCOc2cccc(C(C)=NOC)c2)c(C)c1. The number of benzene rings is 2. The summed E-state index contributed by atoms with van der Waals surface area (Å²) in [5.74, 6) is 2.64. The van der Waals surface area contributed by atoms with E-state index in [1.807, 2.05) is 62.4 Å². The van der Waals surface area contributed by atoms with Crippen molar-refractivity contribution in [1.82, 2.24) is 0 Å². The average molecular weight is 426 g/mol. The third kappa shape index (κ3) is 8.00. The minimum atomic E-state index is 0.0956. The van der Waals surface area contributed by atoms with E-state index >= 15 is 0 Å². The van der Waals surface area contributed by atoms with Crippen LogP contribution in [0.5, 0.6) is 17.2 Å². The summed E-state index contributed by atoms with van der Waals surface area (Å²) in [6, 6.07) is 11.9. The third-order valence-electron chi connectivity index (χ3n) is 4.84. The molecule has 2 aromatic rings. The molecule has 0 saturated heterocycles. The molecule has 168 valence electrons. The predicted octanol–water partition coefficient (Wildman–Crippen LogP) is 6.26. The lowest BCUT2D eigenvalue weighted by Gasteiger charge is -2.19. The molecule has 2 rings (SSSR count). The van der Waals surface area contributed by atoms with Gasteiger partial charge < -0.3 is 19.0 Å². The van der Waals surface area contributed by atoms with E-state index < -0.39 is 0 Å². The molecular formula is C26H35NO4. The van der Waals surface area contributed by atoms with E-state index in [0.717, 1.165) is 52.5 Å². The molecule has 5 heteroatoms. The van der Waals surface area contributed by atoms with E-state index in [2.05, 4.69) is 25.9 Å². The van der Waals surface area contributed by atoms with Gasteiger partial charge >= 0.3 is 0 Å². The summed E-state index contributed by atoms with van der Waals surface area (Å²) in [6.45, 7) is 11.3. The van der Waals surface area contributed by atoms with Crippen LogP contribution in [0, 0.1) is 13.8 Å². The van der Waals surface area contributed by atoms with Crippen molar-refractivity contribution in [3.05, 3.63) is 65.2 Å². The van der Waals surface area contributed by atoms with Crippen LogP contribution in [0.25, 0.3) is 0 Å². The first-order valence-electron chi connectivity index (χ1n) is 10.8. The van der Waals surface area contributed by atoms with Crippen LogP contribution in [0.4, 0.5) is 0 Å². The van der Waals surface area contributed by atoms with Gasteiger partial charge in [0.15, 0.2) is 0 Å². The smallest absolute Gasteiger partial charge is 0.125 e. The molecule has 1 unspecified atom stereocenters. The number of hydrogen-bond donors (Lipinski definition) is 0. The van der Waals surface area contributed by atoms with Gasteiger partial charge in [-0.15, -0.1) is 0 Å². The Hall–Kier alpha value is -2.95. The van der Waals surface area contributed by atoms with E-state index in [9.17, 15) is 0 Å². The first-order chi connectivity index (χ1) is 14.9. The zero-order chi connectivity index (χ0) is 22.6.